The van der Waals surface area contributed by atoms with Crippen LogP contribution in [0, 0.1) is 11.3 Å². The molecule has 0 aliphatic rings. The summed E-state index contributed by atoms with van der Waals surface area (Å²) in [4.78, 5) is 4.23. The van der Waals surface area contributed by atoms with Crippen LogP contribution in [0.5, 0.6) is 11.5 Å². The van der Waals surface area contributed by atoms with E-state index in [1.165, 1.54) is 0 Å². The highest BCUT2D eigenvalue weighted by Crippen LogP contribution is 2.27. The van der Waals surface area contributed by atoms with Gasteiger partial charge in [-0.05, 0) is 41.8 Å². The second-order valence-corrected chi connectivity index (χ2v) is 5.60. The molecule has 0 aliphatic carbocycles. The third-order valence-corrected chi connectivity index (χ3v) is 3.92. The lowest BCUT2D eigenvalue weighted by atomic mass is 10.1. The molecule has 6 nitrogen and oxygen atoms in total. The Morgan fingerprint density at radius 1 is 1.00 bits per heavy atom. The quantitative estimate of drug-likeness (QED) is 0.591. The maximum absolute atomic E-state index is 8.83. The number of hydrogen-bond acceptors (Lipinski definition) is 4. The molecular formula is C20H24N4O2. The predicted octanol–water partition coefficient (Wildman–Crippen LogP) is 2.48. The lowest BCUT2D eigenvalue weighted by Gasteiger charge is -2.13. The van der Waals surface area contributed by atoms with Crippen LogP contribution < -0.4 is 20.1 Å². The normalized spacial score (nSPS) is 10.8. The summed E-state index contributed by atoms with van der Waals surface area (Å²) in [6.45, 7) is 1.38. The van der Waals surface area contributed by atoms with Gasteiger partial charge in [0.05, 0.1) is 25.9 Å². The number of aliphatic imine (C=N–C) groups is 1. The second kappa shape index (κ2) is 9.94. The second-order valence-electron chi connectivity index (χ2n) is 5.60. The van der Waals surface area contributed by atoms with Crippen molar-refractivity contribution in [2.75, 3.05) is 27.8 Å². The Labute approximate surface area is 154 Å². The Balaban J connectivity index is 1.82. The van der Waals surface area contributed by atoms with Crippen LogP contribution >= 0.6 is 0 Å². The zero-order valence-corrected chi connectivity index (χ0v) is 15.4. The van der Waals surface area contributed by atoms with E-state index in [1.54, 1.807) is 21.3 Å². The van der Waals surface area contributed by atoms with E-state index < -0.39 is 0 Å². The number of methoxy groups -OCH3 is 2. The molecule has 0 atom stereocenters. The van der Waals surface area contributed by atoms with Crippen molar-refractivity contribution in [3.63, 3.8) is 0 Å². The maximum Gasteiger partial charge on any atom is 0.191 e. The Bertz CT molecular complexity index is 779. The van der Waals surface area contributed by atoms with E-state index >= 15 is 0 Å². The first-order valence-electron chi connectivity index (χ1n) is 8.34. The topological polar surface area (TPSA) is 78.7 Å². The van der Waals surface area contributed by atoms with Crippen LogP contribution in [0.15, 0.2) is 47.5 Å². The fourth-order valence-corrected chi connectivity index (χ4v) is 2.46. The van der Waals surface area contributed by atoms with Crippen molar-refractivity contribution in [2.24, 2.45) is 4.99 Å². The largest absolute Gasteiger partial charge is 0.493 e. The molecule has 0 aliphatic heterocycles. The molecule has 2 aromatic rings. The number of nitrogens with zero attached hydrogens (tertiary/aromatic N) is 2. The van der Waals surface area contributed by atoms with Gasteiger partial charge in [-0.1, -0.05) is 18.2 Å². The van der Waals surface area contributed by atoms with Gasteiger partial charge in [0.1, 0.15) is 0 Å². The van der Waals surface area contributed by atoms with Crippen LogP contribution in [0.25, 0.3) is 0 Å². The summed E-state index contributed by atoms with van der Waals surface area (Å²) in [5.74, 6) is 2.19. The zero-order valence-electron chi connectivity index (χ0n) is 15.4. The van der Waals surface area contributed by atoms with Crippen molar-refractivity contribution >= 4 is 5.96 Å². The molecule has 0 spiro atoms. The van der Waals surface area contributed by atoms with Crippen LogP contribution in [-0.2, 0) is 13.0 Å². The summed E-state index contributed by atoms with van der Waals surface area (Å²) in [5.41, 5.74) is 2.90. The van der Waals surface area contributed by atoms with Gasteiger partial charge in [0.15, 0.2) is 17.5 Å². The molecule has 0 unspecified atom stereocenters. The first-order valence-corrected chi connectivity index (χ1v) is 8.34. The molecule has 0 amide bonds. The van der Waals surface area contributed by atoms with Gasteiger partial charge < -0.3 is 20.1 Å². The standard InChI is InChI=1S/C20H24N4O2/c1-22-20(24-14-17-6-4-16(13-21)5-7-17)23-11-10-15-8-9-18(25-2)19(12-15)26-3/h4-9,12H,10-11,14H2,1-3H3,(H2,22,23,24). The van der Waals surface area contributed by atoms with E-state index in [0.29, 0.717) is 12.1 Å². The number of rotatable bonds is 7. The molecule has 0 heterocycles. The molecule has 0 radical (unpaired) electrons. The van der Waals surface area contributed by atoms with Crippen LogP contribution in [0.1, 0.15) is 16.7 Å². The van der Waals surface area contributed by atoms with Gasteiger partial charge in [0, 0.05) is 20.1 Å². The SMILES string of the molecule is CN=C(NCCc1ccc(OC)c(OC)c1)NCc1ccc(C#N)cc1. The first kappa shape index (κ1) is 19.1. The van der Waals surface area contributed by atoms with Crippen molar-refractivity contribution in [3.05, 3.63) is 59.2 Å². The van der Waals surface area contributed by atoms with E-state index in [-0.39, 0.29) is 0 Å². The molecule has 0 fully saturated rings. The van der Waals surface area contributed by atoms with Gasteiger partial charge in [-0.2, -0.15) is 5.26 Å². The molecule has 6 heteroatoms. The lowest BCUT2D eigenvalue weighted by molar-refractivity contribution is 0.354. The number of nitrogens with one attached hydrogen (secondary N) is 2. The molecule has 2 N–H and O–H groups in total. The molecule has 0 bridgehead atoms. The average Bonchev–Trinajstić information content (AvgIpc) is 2.70. The molecule has 0 saturated heterocycles. The van der Waals surface area contributed by atoms with Gasteiger partial charge in [0.2, 0.25) is 0 Å². The fourth-order valence-electron chi connectivity index (χ4n) is 2.46. The molecular weight excluding hydrogens is 328 g/mol. The van der Waals surface area contributed by atoms with Crippen molar-refractivity contribution in [2.45, 2.75) is 13.0 Å². The van der Waals surface area contributed by atoms with E-state index in [4.69, 9.17) is 14.7 Å². The predicted molar refractivity (Wildman–Crippen MR) is 103 cm³/mol. The number of nitriles is 1. The van der Waals surface area contributed by atoms with Crippen LogP contribution in [0.4, 0.5) is 0 Å². The Morgan fingerprint density at radius 3 is 2.31 bits per heavy atom. The fraction of sp³-hybridized carbons (Fsp3) is 0.300. The Hall–Kier alpha value is -3.20. The molecule has 0 aromatic heterocycles. The van der Waals surface area contributed by atoms with Gasteiger partial charge in [-0.25, -0.2) is 0 Å². The van der Waals surface area contributed by atoms with Gasteiger partial charge >= 0.3 is 0 Å². The van der Waals surface area contributed by atoms with Crippen LogP contribution in [0.3, 0.4) is 0 Å². The minimum atomic E-state index is 0.641. The Kier molecular flexibility index (Phi) is 7.31. The lowest BCUT2D eigenvalue weighted by Crippen LogP contribution is -2.37. The van der Waals surface area contributed by atoms with E-state index in [9.17, 15) is 0 Å². The van der Waals surface area contributed by atoms with Crippen LogP contribution in [-0.4, -0.2) is 33.8 Å². The zero-order chi connectivity index (χ0) is 18.8. The highest BCUT2D eigenvalue weighted by atomic mass is 16.5. The van der Waals surface area contributed by atoms with Gasteiger partial charge in [-0.15, -0.1) is 0 Å². The van der Waals surface area contributed by atoms with E-state index in [1.807, 2.05) is 42.5 Å². The summed E-state index contributed by atoms with van der Waals surface area (Å²) in [6, 6.07) is 15.5. The third kappa shape index (κ3) is 5.42. The number of ether oxygens (including phenoxy) is 2. The highest BCUT2D eigenvalue weighted by molar-refractivity contribution is 5.79. The van der Waals surface area contributed by atoms with Crippen molar-refractivity contribution in [3.8, 4) is 17.6 Å². The number of hydrogen-bond donors (Lipinski definition) is 2. The van der Waals surface area contributed by atoms with Crippen molar-refractivity contribution < 1.29 is 9.47 Å². The molecule has 0 saturated carbocycles. The first-order chi connectivity index (χ1) is 12.7. The summed E-state index contributed by atoms with van der Waals surface area (Å²) in [6.07, 6.45) is 0.831. The maximum atomic E-state index is 8.83. The van der Waals surface area contributed by atoms with E-state index in [0.717, 1.165) is 41.6 Å². The monoisotopic (exact) mass is 352 g/mol. The minimum absolute atomic E-state index is 0.641. The number of benzene rings is 2. The minimum Gasteiger partial charge on any atom is -0.493 e. The van der Waals surface area contributed by atoms with Gasteiger partial charge in [-0.3, -0.25) is 4.99 Å². The van der Waals surface area contributed by atoms with Gasteiger partial charge in [0.25, 0.3) is 0 Å². The third-order valence-electron chi connectivity index (χ3n) is 3.92. The number of guanidine groups is 1. The molecule has 2 rings (SSSR count). The van der Waals surface area contributed by atoms with E-state index in [2.05, 4.69) is 21.7 Å². The molecule has 2 aromatic carbocycles. The van der Waals surface area contributed by atoms with Crippen molar-refractivity contribution in [1.29, 1.82) is 5.26 Å². The average molecular weight is 352 g/mol. The smallest absolute Gasteiger partial charge is 0.191 e. The highest BCUT2D eigenvalue weighted by Gasteiger charge is 2.05. The summed E-state index contributed by atoms with van der Waals surface area (Å²) < 4.78 is 10.6. The summed E-state index contributed by atoms with van der Waals surface area (Å²) in [7, 11) is 5.00. The summed E-state index contributed by atoms with van der Waals surface area (Å²) in [5, 5.41) is 15.4. The van der Waals surface area contributed by atoms with Crippen LogP contribution in [0.2, 0.25) is 0 Å². The Morgan fingerprint density at radius 2 is 1.69 bits per heavy atom. The molecule has 26 heavy (non-hydrogen) atoms. The van der Waals surface area contributed by atoms with Crippen molar-refractivity contribution in [1.82, 2.24) is 10.6 Å². The molecule has 136 valence electrons. The summed E-state index contributed by atoms with van der Waals surface area (Å²) >= 11 is 0.